The van der Waals surface area contributed by atoms with E-state index in [-0.39, 0.29) is 39.1 Å². The summed E-state index contributed by atoms with van der Waals surface area (Å²) in [6.45, 7) is -0.289. The lowest BCUT2D eigenvalue weighted by Crippen LogP contribution is -2.20. The third-order valence-electron chi connectivity index (χ3n) is 4.08. The van der Waals surface area contributed by atoms with Crippen LogP contribution in [0.5, 0.6) is 5.75 Å². The van der Waals surface area contributed by atoms with Gasteiger partial charge in [0.2, 0.25) is 5.89 Å². The predicted octanol–water partition coefficient (Wildman–Crippen LogP) is 6.61. The first-order valence-corrected chi connectivity index (χ1v) is 9.76. The Morgan fingerprint density at radius 3 is 2.63 bits per heavy atom. The van der Waals surface area contributed by atoms with E-state index in [0.29, 0.717) is 22.4 Å². The molecule has 0 saturated carbocycles. The number of hydrogen-bond donors (Lipinski definition) is 1. The molecule has 4 rings (SSSR count). The van der Waals surface area contributed by atoms with Crippen LogP contribution in [0.4, 0.5) is 10.1 Å². The lowest BCUT2D eigenvalue weighted by atomic mass is 10.2. The maximum Gasteiger partial charge on any atom is 0.262 e. The number of hydrogen-bond acceptors (Lipinski definition) is 4. The van der Waals surface area contributed by atoms with Crippen LogP contribution >= 0.6 is 34.8 Å². The minimum absolute atomic E-state index is 0.242. The first kappa shape index (κ1) is 20.5. The van der Waals surface area contributed by atoms with Crippen LogP contribution in [0.25, 0.3) is 22.6 Å². The Hall–Kier alpha value is -2.80. The molecule has 1 amide bonds. The highest BCUT2D eigenvalue weighted by molar-refractivity contribution is 6.43. The van der Waals surface area contributed by atoms with Gasteiger partial charge in [0, 0.05) is 17.3 Å². The van der Waals surface area contributed by atoms with Gasteiger partial charge < -0.3 is 14.5 Å². The summed E-state index contributed by atoms with van der Waals surface area (Å²) in [6.07, 6.45) is 0. The minimum Gasteiger partial charge on any atom is -0.482 e. The first-order valence-electron chi connectivity index (χ1n) is 8.63. The van der Waals surface area contributed by atoms with Crippen molar-refractivity contribution in [1.82, 2.24) is 4.98 Å². The number of carbonyl (C=O) groups excluding carboxylic acids is 1. The molecule has 0 atom stereocenters. The molecule has 0 radical (unpaired) electrons. The molecule has 0 saturated heterocycles. The molecule has 0 aliphatic heterocycles. The zero-order valence-electron chi connectivity index (χ0n) is 15.1. The minimum atomic E-state index is -0.412. The molecule has 0 aliphatic rings. The number of carbonyl (C=O) groups is 1. The van der Waals surface area contributed by atoms with Crippen LogP contribution in [0, 0.1) is 5.82 Å². The molecular formula is C21H12Cl3FN2O3. The molecular weight excluding hydrogens is 454 g/mol. The Bertz CT molecular complexity index is 1260. The smallest absolute Gasteiger partial charge is 0.262 e. The average Bonchev–Trinajstić information content (AvgIpc) is 3.13. The van der Waals surface area contributed by atoms with E-state index < -0.39 is 5.91 Å². The number of nitrogens with zero attached hydrogens (tertiary/aromatic N) is 1. The lowest BCUT2D eigenvalue weighted by Gasteiger charge is -2.09. The second kappa shape index (κ2) is 8.52. The van der Waals surface area contributed by atoms with Gasteiger partial charge in [0.05, 0.1) is 15.1 Å². The van der Waals surface area contributed by atoms with Gasteiger partial charge in [-0.1, -0.05) is 40.9 Å². The van der Waals surface area contributed by atoms with Crippen molar-refractivity contribution < 1.29 is 18.3 Å². The normalized spacial score (nSPS) is 10.9. The Kier molecular flexibility index (Phi) is 5.81. The number of oxazole rings is 1. The molecule has 0 bridgehead atoms. The summed E-state index contributed by atoms with van der Waals surface area (Å²) in [7, 11) is 0. The molecule has 1 heterocycles. The maximum atomic E-state index is 13.4. The van der Waals surface area contributed by atoms with Crippen molar-refractivity contribution in [3.05, 3.63) is 75.5 Å². The second-order valence-electron chi connectivity index (χ2n) is 6.25. The van der Waals surface area contributed by atoms with E-state index in [1.807, 2.05) is 0 Å². The monoisotopic (exact) mass is 464 g/mol. The van der Waals surface area contributed by atoms with Gasteiger partial charge in [0.25, 0.3) is 5.91 Å². The van der Waals surface area contributed by atoms with Crippen molar-refractivity contribution in [3.8, 4) is 17.2 Å². The van der Waals surface area contributed by atoms with Crippen LogP contribution in [-0.2, 0) is 4.79 Å². The van der Waals surface area contributed by atoms with Crippen LogP contribution in [0.15, 0.2) is 59.0 Å². The van der Waals surface area contributed by atoms with E-state index in [4.69, 9.17) is 44.0 Å². The van der Waals surface area contributed by atoms with E-state index >= 15 is 0 Å². The van der Waals surface area contributed by atoms with Crippen molar-refractivity contribution in [2.75, 3.05) is 11.9 Å². The van der Waals surface area contributed by atoms with Crippen molar-refractivity contribution in [2.45, 2.75) is 0 Å². The number of rotatable bonds is 5. The first-order chi connectivity index (χ1) is 14.4. The number of benzene rings is 3. The molecule has 9 heteroatoms. The molecule has 5 nitrogen and oxygen atoms in total. The van der Waals surface area contributed by atoms with Gasteiger partial charge in [-0.05, 0) is 42.5 Å². The summed E-state index contributed by atoms with van der Waals surface area (Å²) < 4.78 is 24.5. The zero-order valence-corrected chi connectivity index (χ0v) is 17.4. The van der Waals surface area contributed by atoms with Crippen molar-refractivity contribution in [2.24, 2.45) is 0 Å². The topological polar surface area (TPSA) is 64.4 Å². The molecule has 30 heavy (non-hydrogen) atoms. The highest BCUT2D eigenvalue weighted by atomic mass is 35.5. The van der Waals surface area contributed by atoms with Gasteiger partial charge >= 0.3 is 0 Å². The molecule has 1 N–H and O–H groups in total. The van der Waals surface area contributed by atoms with Gasteiger partial charge in [0.1, 0.15) is 17.1 Å². The number of aromatic nitrogens is 1. The largest absolute Gasteiger partial charge is 0.482 e. The van der Waals surface area contributed by atoms with Crippen LogP contribution < -0.4 is 10.1 Å². The Balaban J connectivity index is 1.46. The van der Waals surface area contributed by atoms with E-state index in [0.717, 1.165) is 0 Å². The Labute approximate surface area is 185 Å². The number of amides is 1. The predicted molar refractivity (Wildman–Crippen MR) is 115 cm³/mol. The summed E-state index contributed by atoms with van der Waals surface area (Å²) in [5.41, 5.74) is 2.03. The van der Waals surface area contributed by atoms with Crippen LogP contribution in [-0.4, -0.2) is 17.5 Å². The fraction of sp³-hybridized carbons (Fsp3) is 0.0476. The summed E-state index contributed by atoms with van der Waals surface area (Å²) in [4.78, 5) is 16.6. The third kappa shape index (κ3) is 4.51. The zero-order chi connectivity index (χ0) is 21.3. The fourth-order valence-corrected chi connectivity index (χ4v) is 3.30. The van der Waals surface area contributed by atoms with Crippen molar-refractivity contribution >= 4 is 57.5 Å². The number of fused-ring (bicyclic) bond motifs is 1. The summed E-state index contributed by atoms with van der Waals surface area (Å²) >= 11 is 17.8. The van der Waals surface area contributed by atoms with E-state index in [1.54, 1.807) is 30.3 Å². The van der Waals surface area contributed by atoms with E-state index in [2.05, 4.69) is 10.3 Å². The molecule has 0 spiro atoms. The van der Waals surface area contributed by atoms with Crippen LogP contribution in [0.3, 0.4) is 0 Å². The molecule has 0 aliphatic carbocycles. The molecule has 0 fully saturated rings. The number of nitrogens with one attached hydrogen (secondary N) is 1. The summed E-state index contributed by atoms with van der Waals surface area (Å²) in [6, 6.07) is 13.8. The summed E-state index contributed by atoms with van der Waals surface area (Å²) in [5.74, 6) is -0.270. The van der Waals surface area contributed by atoms with Crippen LogP contribution in [0.1, 0.15) is 0 Å². The third-order valence-corrected chi connectivity index (χ3v) is 5.09. The van der Waals surface area contributed by atoms with E-state index in [1.165, 1.54) is 24.3 Å². The number of halogens is 4. The van der Waals surface area contributed by atoms with Gasteiger partial charge in [-0.2, -0.15) is 0 Å². The van der Waals surface area contributed by atoms with Gasteiger partial charge in [0.15, 0.2) is 12.2 Å². The second-order valence-corrected chi connectivity index (χ2v) is 7.47. The van der Waals surface area contributed by atoms with Gasteiger partial charge in [-0.15, -0.1) is 0 Å². The molecule has 3 aromatic carbocycles. The van der Waals surface area contributed by atoms with Crippen molar-refractivity contribution in [1.29, 1.82) is 0 Å². The Morgan fingerprint density at radius 1 is 1.03 bits per heavy atom. The maximum absolute atomic E-state index is 13.4. The number of ether oxygens (including phenoxy) is 1. The fourth-order valence-electron chi connectivity index (χ4n) is 2.71. The standard InChI is InChI=1S/C21H12Cl3FN2O3/c22-14-8-16(24)19(9-15(14)23)29-10-20(28)26-13-4-5-18-17(7-13)27-21(30-18)11-2-1-3-12(25)6-11/h1-9H,10H2,(H,26,28). The average molecular weight is 466 g/mol. The molecule has 152 valence electrons. The molecule has 1 aromatic heterocycles. The van der Waals surface area contributed by atoms with E-state index in [9.17, 15) is 9.18 Å². The summed E-state index contributed by atoms with van der Waals surface area (Å²) in [5, 5.41) is 3.50. The quantitative estimate of drug-likeness (QED) is 0.337. The highest BCUT2D eigenvalue weighted by Gasteiger charge is 2.12. The highest BCUT2D eigenvalue weighted by Crippen LogP contribution is 2.34. The van der Waals surface area contributed by atoms with Crippen molar-refractivity contribution in [3.63, 3.8) is 0 Å². The lowest BCUT2D eigenvalue weighted by molar-refractivity contribution is -0.118. The number of anilines is 1. The van der Waals surface area contributed by atoms with Gasteiger partial charge in [-0.3, -0.25) is 4.79 Å². The van der Waals surface area contributed by atoms with Crippen LogP contribution in [0.2, 0.25) is 15.1 Å². The Morgan fingerprint density at radius 2 is 1.83 bits per heavy atom. The van der Waals surface area contributed by atoms with Gasteiger partial charge in [-0.25, -0.2) is 9.37 Å². The molecule has 0 unspecified atom stereocenters. The molecule has 4 aromatic rings. The SMILES string of the molecule is O=C(COc1cc(Cl)c(Cl)cc1Cl)Nc1ccc2oc(-c3cccc(F)c3)nc2c1.